The quantitative estimate of drug-likeness (QED) is 0.780. The third-order valence-corrected chi connectivity index (χ3v) is 3.64. The van der Waals surface area contributed by atoms with Crippen molar-refractivity contribution in [2.45, 2.75) is 0 Å². The van der Waals surface area contributed by atoms with E-state index in [1.165, 1.54) is 0 Å². The lowest BCUT2D eigenvalue weighted by molar-refractivity contribution is 0.102. The number of anilines is 1. The number of benzene rings is 1. The summed E-state index contributed by atoms with van der Waals surface area (Å²) < 4.78 is 3.27. The van der Waals surface area contributed by atoms with Crippen LogP contribution in [0.5, 0.6) is 0 Å². The van der Waals surface area contributed by atoms with Crippen LogP contribution < -0.4 is 5.32 Å². The monoisotopic (exact) mass is 405 g/mol. The molecule has 6 heteroatoms. The van der Waals surface area contributed by atoms with Crippen molar-refractivity contribution < 1.29 is 4.79 Å². The van der Waals surface area contributed by atoms with E-state index in [2.05, 4.69) is 48.9 Å². The Bertz CT molecular complexity index is 568. The molecular weight excluding hydrogens is 397 g/mol. The molecule has 1 amide bonds. The molecule has 2 rings (SSSR count). The summed E-state index contributed by atoms with van der Waals surface area (Å²) in [5, 5.41) is 6.92. The number of para-hydroxylation sites is 1. The SMILES string of the molecule is Cn1cc(Br)c(C(=O)Nc2ccccc2I)n1. The molecule has 0 atom stereocenters. The molecule has 0 radical (unpaired) electrons. The largest absolute Gasteiger partial charge is 0.320 e. The molecule has 0 unspecified atom stereocenters. The Labute approximate surface area is 121 Å². The maximum absolute atomic E-state index is 12.0. The summed E-state index contributed by atoms with van der Waals surface area (Å²) in [6, 6.07) is 7.60. The van der Waals surface area contributed by atoms with E-state index >= 15 is 0 Å². The molecule has 1 heterocycles. The highest BCUT2D eigenvalue weighted by atomic mass is 127. The Morgan fingerprint density at radius 1 is 1.47 bits per heavy atom. The second kappa shape index (κ2) is 5.18. The summed E-state index contributed by atoms with van der Waals surface area (Å²) in [5.41, 5.74) is 1.17. The Morgan fingerprint density at radius 3 is 2.76 bits per heavy atom. The number of hydrogen-bond acceptors (Lipinski definition) is 2. The van der Waals surface area contributed by atoms with Crippen molar-refractivity contribution in [3.8, 4) is 0 Å². The maximum atomic E-state index is 12.0. The van der Waals surface area contributed by atoms with Crippen molar-refractivity contribution in [1.82, 2.24) is 9.78 Å². The summed E-state index contributed by atoms with van der Waals surface area (Å²) in [4.78, 5) is 12.0. The molecule has 17 heavy (non-hydrogen) atoms. The van der Waals surface area contributed by atoms with E-state index in [4.69, 9.17) is 0 Å². The van der Waals surface area contributed by atoms with Crippen molar-refractivity contribution in [2.75, 3.05) is 5.32 Å². The first kappa shape index (κ1) is 12.6. The Hall–Kier alpha value is -0.890. The predicted octanol–water partition coefficient (Wildman–Crippen LogP) is 3.04. The third-order valence-electron chi connectivity index (χ3n) is 2.12. The molecule has 1 aromatic heterocycles. The number of hydrogen-bond donors (Lipinski definition) is 1. The van der Waals surface area contributed by atoms with Gasteiger partial charge in [0.15, 0.2) is 5.69 Å². The minimum atomic E-state index is -0.221. The molecule has 1 N–H and O–H groups in total. The van der Waals surface area contributed by atoms with Gasteiger partial charge in [-0.15, -0.1) is 0 Å². The fourth-order valence-corrected chi connectivity index (χ4v) is 2.44. The van der Waals surface area contributed by atoms with E-state index < -0.39 is 0 Å². The lowest BCUT2D eigenvalue weighted by Crippen LogP contribution is -2.14. The molecule has 2 aromatic rings. The first-order valence-electron chi connectivity index (χ1n) is 4.83. The molecule has 88 valence electrons. The summed E-state index contributed by atoms with van der Waals surface area (Å²) in [6.07, 6.45) is 1.74. The molecule has 0 aliphatic carbocycles. The van der Waals surface area contributed by atoms with Crippen molar-refractivity contribution >= 4 is 50.1 Å². The molecule has 4 nitrogen and oxygen atoms in total. The summed E-state index contributed by atoms with van der Waals surface area (Å²) >= 11 is 5.48. The second-order valence-electron chi connectivity index (χ2n) is 3.43. The zero-order valence-corrected chi connectivity index (χ0v) is 12.7. The van der Waals surface area contributed by atoms with Gasteiger partial charge in [-0.3, -0.25) is 9.48 Å². The smallest absolute Gasteiger partial charge is 0.277 e. The van der Waals surface area contributed by atoms with E-state index in [0.29, 0.717) is 10.2 Å². The topological polar surface area (TPSA) is 46.9 Å². The first-order valence-corrected chi connectivity index (χ1v) is 6.70. The number of halogens is 2. The van der Waals surface area contributed by atoms with Crippen LogP contribution >= 0.6 is 38.5 Å². The van der Waals surface area contributed by atoms with Crippen LogP contribution in [0, 0.1) is 3.57 Å². The number of carbonyl (C=O) groups excluding carboxylic acids is 1. The normalized spacial score (nSPS) is 10.3. The van der Waals surface area contributed by atoms with Crippen LogP contribution in [0.1, 0.15) is 10.5 Å². The number of carbonyl (C=O) groups is 1. The number of nitrogens with zero attached hydrogens (tertiary/aromatic N) is 2. The molecule has 1 aromatic carbocycles. The molecule has 0 aliphatic heterocycles. The lowest BCUT2D eigenvalue weighted by atomic mass is 10.3. The van der Waals surface area contributed by atoms with Gasteiger partial charge in [0.2, 0.25) is 0 Å². The van der Waals surface area contributed by atoms with Crippen LogP contribution in [0.2, 0.25) is 0 Å². The van der Waals surface area contributed by atoms with Gasteiger partial charge in [-0.1, -0.05) is 12.1 Å². The van der Waals surface area contributed by atoms with Gasteiger partial charge in [-0.25, -0.2) is 0 Å². The van der Waals surface area contributed by atoms with Crippen molar-refractivity contribution in [2.24, 2.45) is 7.05 Å². The molecule has 0 aliphatic rings. The number of nitrogens with one attached hydrogen (secondary N) is 1. The van der Waals surface area contributed by atoms with Crippen molar-refractivity contribution in [1.29, 1.82) is 0 Å². The Balaban J connectivity index is 2.23. The van der Waals surface area contributed by atoms with Crippen LogP contribution in [0.4, 0.5) is 5.69 Å². The fraction of sp³-hybridized carbons (Fsp3) is 0.0909. The van der Waals surface area contributed by atoms with E-state index in [-0.39, 0.29) is 5.91 Å². The molecule has 0 spiro atoms. The van der Waals surface area contributed by atoms with Crippen LogP contribution in [-0.4, -0.2) is 15.7 Å². The second-order valence-corrected chi connectivity index (χ2v) is 5.45. The van der Waals surface area contributed by atoms with Gasteiger partial charge in [-0.05, 0) is 50.7 Å². The molecule has 0 fully saturated rings. The standard InChI is InChI=1S/C11H9BrIN3O/c1-16-6-7(12)10(15-16)11(17)14-9-5-3-2-4-8(9)13/h2-6H,1H3,(H,14,17). The third kappa shape index (κ3) is 2.86. The van der Waals surface area contributed by atoms with Crippen LogP contribution in [0.25, 0.3) is 0 Å². The van der Waals surface area contributed by atoms with Gasteiger partial charge in [0.1, 0.15) is 0 Å². The zero-order valence-electron chi connectivity index (χ0n) is 8.95. The molecular formula is C11H9BrIN3O. The van der Waals surface area contributed by atoms with Crippen LogP contribution in [-0.2, 0) is 7.05 Å². The van der Waals surface area contributed by atoms with Gasteiger partial charge in [-0.2, -0.15) is 5.10 Å². The van der Waals surface area contributed by atoms with E-state index in [1.54, 1.807) is 17.9 Å². The number of rotatable bonds is 2. The number of aromatic nitrogens is 2. The van der Waals surface area contributed by atoms with E-state index in [9.17, 15) is 4.79 Å². The Morgan fingerprint density at radius 2 is 2.18 bits per heavy atom. The van der Waals surface area contributed by atoms with Crippen LogP contribution in [0.3, 0.4) is 0 Å². The summed E-state index contributed by atoms with van der Waals surface area (Å²) in [7, 11) is 1.77. The highest BCUT2D eigenvalue weighted by Gasteiger charge is 2.15. The summed E-state index contributed by atoms with van der Waals surface area (Å²) in [6.45, 7) is 0. The van der Waals surface area contributed by atoms with Crippen molar-refractivity contribution in [3.05, 3.63) is 44.2 Å². The average molecular weight is 406 g/mol. The zero-order chi connectivity index (χ0) is 12.4. The maximum Gasteiger partial charge on any atom is 0.277 e. The van der Waals surface area contributed by atoms with Gasteiger partial charge < -0.3 is 5.32 Å². The minimum Gasteiger partial charge on any atom is -0.320 e. The molecule has 0 saturated carbocycles. The Kier molecular flexibility index (Phi) is 3.82. The van der Waals surface area contributed by atoms with Gasteiger partial charge in [0, 0.05) is 16.8 Å². The van der Waals surface area contributed by atoms with Gasteiger partial charge in [0.25, 0.3) is 5.91 Å². The minimum absolute atomic E-state index is 0.221. The predicted molar refractivity (Wildman–Crippen MR) is 78.0 cm³/mol. The lowest BCUT2D eigenvalue weighted by Gasteiger charge is -2.05. The van der Waals surface area contributed by atoms with Crippen molar-refractivity contribution in [3.63, 3.8) is 0 Å². The summed E-state index contributed by atoms with van der Waals surface area (Å²) in [5.74, 6) is -0.221. The van der Waals surface area contributed by atoms with Gasteiger partial charge in [0.05, 0.1) is 10.2 Å². The van der Waals surface area contributed by atoms with Crippen LogP contribution in [0.15, 0.2) is 34.9 Å². The van der Waals surface area contributed by atoms with Gasteiger partial charge >= 0.3 is 0 Å². The number of amides is 1. The number of aryl methyl sites for hydroxylation is 1. The fourth-order valence-electron chi connectivity index (χ4n) is 1.36. The highest BCUT2D eigenvalue weighted by Crippen LogP contribution is 2.20. The molecule has 0 bridgehead atoms. The van der Waals surface area contributed by atoms with E-state index in [1.807, 2.05) is 24.3 Å². The van der Waals surface area contributed by atoms with E-state index in [0.717, 1.165) is 9.26 Å². The average Bonchev–Trinajstić information content (AvgIpc) is 2.61. The first-order chi connectivity index (χ1) is 8.08. The highest BCUT2D eigenvalue weighted by molar-refractivity contribution is 14.1. The molecule has 0 saturated heterocycles.